The number of hydrogen-bond donors (Lipinski definition) is 1. The molecule has 3 aromatic carbocycles. The van der Waals surface area contributed by atoms with Gasteiger partial charge in [-0.15, -0.1) is 0 Å². The van der Waals surface area contributed by atoms with Gasteiger partial charge in [-0.25, -0.2) is 4.79 Å². The molecule has 0 aliphatic carbocycles. The van der Waals surface area contributed by atoms with Crippen LogP contribution >= 0.6 is 0 Å². The molecule has 1 N–H and O–H groups in total. The molecule has 0 aromatic heterocycles. The second-order valence-corrected chi connectivity index (χ2v) is 5.88. The summed E-state index contributed by atoms with van der Waals surface area (Å²) in [6.07, 6.45) is 0. The van der Waals surface area contributed by atoms with Crippen LogP contribution < -0.4 is 15.1 Å². The lowest BCUT2D eigenvalue weighted by Crippen LogP contribution is -2.30. The number of nitrogens with one attached hydrogen (secondary N) is 1. The maximum absolute atomic E-state index is 12.9. The van der Waals surface area contributed by atoms with Crippen LogP contribution in [-0.2, 0) is 0 Å². The van der Waals surface area contributed by atoms with E-state index in [1.54, 1.807) is 4.90 Å². The third-order valence-electron chi connectivity index (χ3n) is 3.87. The summed E-state index contributed by atoms with van der Waals surface area (Å²) in [4.78, 5) is 16.6. The molecule has 0 saturated carbocycles. The maximum atomic E-state index is 12.9. The quantitative estimate of drug-likeness (QED) is 0.720. The highest BCUT2D eigenvalue weighted by molar-refractivity contribution is 6.07. The molecule has 2 amide bonds. The van der Waals surface area contributed by atoms with E-state index >= 15 is 0 Å². The zero-order chi connectivity index (χ0) is 17.6. The van der Waals surface area contributed by atoms with E-state index in [-0.39, 0.29) is 6.03 Å². The number of hydrogen-bond acceptors (Lipinski definition) is 2. The fourth-order valence-corrected chi connectivity index (χ4v) is 2.56. The smallest absolute Gasteiger partial charge is 0.330 e. The molecule has 3 aromatic rings. The van der Waals surface area contributed by atoms with Gasteiger partial charge in [0.05, 0.1) is 11.4 Å². The number of carbonyl (C=O) groups excluding carboxylic acids is 1. The van der Waals surface area contributed by atoms with Crippen molar-refractivity contribution in [3.8, 4) is 0 Å². The van der Waals surface area contributed by atoms with Crippen molar-refractivity contribution in [1.82, 2.24) is 0 Å². The van der Waals surface area contributed by atoms with Crippen LogP contribution in [0.2, 0.25) is 0 Å². The minimum absolute atomic E-state index is 0.199. The molecule has 0 radical (unpaired) electrons. The van der Waals surface area contributed by atoms with Crippen molar-refractivity contribution in [1.29, 1.82) is 0 Å². The molecule has 0 unspecified atom stereocenters. The largest absolute Gasteiger partial charge is 0.378 e. The number of para-hydroxylation sites is 2. The Kier molecular flexibility index (Phi) is 5.00. The van der Waals surface area contributed by atoms with Gasteiger partial charge in [0.15, 0.2) is 0 Å². The van der Waals surface area contributed by atoms with Crippen LogP contribution in [0, 0.1) is 0 Å². The molecule has 0 saturated heterocycles. The fraction of sp³-hybridized carbons (Fsp3) is 0.0952. The molecular formula is C21H21N3O. The van der Waals surface area contributed by atoms with Gasteiger partial charge >= 0.3 is 6.03 Å². The lowest BCUT2D eigenvalue weighted by molar-refractivity contribution is 0.259. The van der Waals surface area contributed by atoms with E-state index in [4.69, 9.17) is 0 Å². The number of urea groups is 1. The summed E-state index contributed by atoms with van der Waals surface area (Å²) < 4.78 is 0. The molecule has 0 spiro atoms. The van der Waals surface area contributed by atoms with Crippen molar-refractivity contribution in [2.24, 2.45) is 0 Å². The molecule has 4 nitrogen and oxygen atoms in total. The van der Waals surface area contributed by atoms with Crippen LogP contribution in [0.1, 0.15) is 0 Å². The topological polar surface area (TPSA) is 35.6 Å². The average Bonchev–Trinajstić information content (AvgIpc) is 2.64. The first-order valence-electron chi connectivity index (χ1n) is 8.14. The standard InChI is InChI=1S/C21H21N3O/c1-23(2)18-15-13-17(14-16-18)22-21(25)24(19-9-5-3-6-10-19)20-11-7-4-8-12-20/h3-16H,1-2H3,(H,22,25). The van der Waals surface area contributed by atoms with Gasteiger partial charge < -0.3 is 10.2 Å². The van der Waals surface area contributed by atoms with Crippen LogP contribution in [0.25, 0.3) is 0 Å². The van der Waals surface area contributed by atoms with Gasteiger partial charge in [0.1, 0.15) is 0 Å². The SMILES string of the molecule is CN(C)c1ccc(NC(=O)N(c2ccccc2)c2ccccc2)cc1. The van der Waals surface area contributed by atoms with Crippen molar-refractivity contribution >= 4 is 28.8 Å². The van der Waals surface area contributed by atoms with Gasteiger partial charge in [-0.1, -0.05) is 36.4 Å². The summed E-state index contributed by atoms with van der Waals surface area (Å²) in [5.41, 5.74) is 3.47. The molecule has 4 heteroatoms. The summed E-state index contributed by atoms with van der Waals surface area (Å²) in [7, 11) is 3.97. The average molecular weight is 331 g/mol. The third kappa shape index (κ3) is 3.98. The number of rotatable bonds is 4. The van der Waals surface area contributed by atoms with Crippen molar-refractivity contribution in [2.45, 2.75) is 0 Å². The fourth-order valence-electron chi connectivity index (χ4n) is 2.56. The summed E-state index contributed by atoms with van der Waals surface area (Å²) >= 11 is 0. The minimum Gasteiger partial charge on any atom is -0.378 e. The van der Waals surface area contributed by atoms with Crippen LogP contribution in [0.4, 0.5) is 27.5 Å². The molecule has 0 bridgehead atoms. The highest BCUT2D eigenvalue weighted by Crippen LogP contribution is 2.26. The first-order chi connectivity index (χ1) is 12.1. The number of anilines is 4. The monoisotopic (exact) mass is 331 g/mol. The van der Waals surface area contributed by atoms with Gasteiger partial charge in [-0.2, -0.15) is 0 Å². The number of carbonyl (C=O) groups is 1. The van der Waals surface area contributed by atoms with Crippen molar-refractivity contribution in [3.05, 3.63) is 84.9 Å². The second-order valence-electron chi connectivity index (χ2n) is 5.88. The molecule has 126 valence electrons. The van der Waals surface area contributed by atoms with Gasteiger partial charge in [0.2, 0.25) is 0 Å². The van der Waals surface area contributed by atoms with Gasteiger partial charge in [0, 0.05) is 25.5 Å². The normalized spacial score (nSPS) is 10.2. The number of amides is 2. The first kappa shape index (κ1) is 16.6. The van der Waals surface area contributed by atoms with Gasteiger partial charge in [-0.3, -0.25) is 4.90 Å². The Hall–Kier alpha value is -3.27. The van der Waals surface area contributed by atoms with Gasteiger partial charge in [0.25, 0.3) is 0 Å². The predicted octanol–water partition coefficient (Wildman–Crippen LogP) is 5.12. The summed E-state index contributed by atoms with van der Waals surface area (Å²) in [5.74, 6) is 0. The zero-order valence-electron chi connectivity index (χ0n) is 14.4. The Morgan fingerprint density at radius 1 is 0.680 bits per heavy atom. The van der Waals surface area contributed by atoms with E-state index < -0.39 is 0 Å². The molecule has 0 heterocycles. The summed E-state index contributed by atoms with van der Waals surface area (Å²) in [6.45, 7) is 0. The van der Waals surface area contributed by atoms with Crippen LogP contribution in [-0.4, -0.2) is 20.1 Å². The number of nitrogens with zero attached hydrogens (tertiary/aromatic N) is 2. The Labute approximate surface area is 148 Å². The Morgan fingerprint density at radius 2 is 1.16 bits per heavy atom. The van der Waals surface area contributed by atoms with Gasteiger partial charge in [-0.05, 0) is 48.5 Å². The molecule has 3 rings (SSSR count). The first-order valence-corrected chi connectivity index (χ1v) is 8.14. The van der Waals surface area contributed by atoms with E-state index in [1.165, 1.54) is 0 Å². The summed E-state index contributed by atoms with van der Waals surface area (Å²) in [6, 6.07) is 26.8. The molecule has 0 aliphatic rings. The molecule has 0 atom stereocenters. The highest BCUT2D eigenvalue weighted by atomic mass is 16.2. The maximum Gasteiger partial charge on any atom is 0.330 e. The van der Waals surface area contributed by atoms with Crippen LogP contribution in [0.15, 0.2) is 84.9 Å². The minimum atomic E-state index is -0.199. The Bertz CT molecular complexity index is 775. The lowest BCUT2D eigenvalue weighted by atomic mass is 10.2. The second kappa shape index (κ2) is 7.53. The van der Waals surface area contributed by atoms with Crippen molar-refractivity contribution < 1.29 is 4.79 Å². The van der Waals surface area contributed by atoms with Crippen molar-refractivity contribution in [3.63, 3.8) is 0 Å². The number of benzene rings is 3. The highest BCUT2D eigenvalue weighted by Gasteiger charge is 2.17. The van der Waals surface area contributed by atoms with Crippen molar-refractivity contribution in [2.75, 3.05) is 29.2 Å². The third-order valence-corrected chi connectivity index (χ3v) is 3.87. The van der Waals surface area contributed by atoms with E-state index in [0.29, 0.717) is 0 Å². The van der Waals surface area contributed by atoms with E-state index in [2.05, 4.69) is 5.32 Å². The molecular weight excluding hydrogens is 310 g/mol. The van der Waals surface area contributed by atoms with E-state index in [0.717, 1.165) is 22.7 Å². The van der Waals surface area contributed by atoms with E-state index in [9.17, 15) is 4.79 Å². The Balaban J connectivity index is 1.87. The lowest BCUT2D eigenvalue weighted by Gasteiger charge is -2.23. The van der Waals surface area contributed by atoms with E-state index in [1.807, 2.05) is 104 Å². The van der Waals surface area contributed by atoms with Crippen LogP contribution in [0.5, 0.6) is 0 Å². The molecule has 0 aliphatic heterocycles. The predicted molar refractivity (Wildman–Crippen MR) is 105 cm³/mol. The summed E-state index contributed by atoms with van der Waals surface area (Å²) in [5, 5.41) is 2.97. The Morgan fingerprint density at radius 3 is 1.60 bits per heavy atom. The zero-order valence-corrected chi connectivity index (χ0v) is 14.4. The molecule has 25 heavy (non-hydrogen) atoms. The molecule has 0 fully saturated rings. The van der Waals surface area contributed by atoms with Crippen LogP contribution in [0.3, 0.4) is 0 Å².